The third-order valence-corrected chi connectivity index (χ3v) is 4.77. The van der Waals surface area contributed by atoms with Crippen molar-refractivity contribution in [3.63, 3.8) is 0 Å². The number of nitrogens with zero attached hydrogens (tertiary/aromatic N) is 1. The van der Waals surface area contributed by atoms with Crippen LogP contribution in [0.15, 0.2) is 66.7 Å². The Hall–Kier alpha value is -3.62. The van der Waals surface area contributed by atoms with Crippen LogP contribution in [-0.2, 0) is 9.53 Å². The maximum atomic E-state index is 12.6. The fourth-order valence-electron chi connectivity index (χ4n) is 2.85. The summed E-state index contributed by atoms with van der Waals surface area (Å²) in [6.45, 7) is 1.34. The van der Waals surface area contributed by atoms with Crippen LogP contribution in [0.1, 0.15) is 21.5 Å². The fraction of sp³-hybridized carbons (Fsp3) is 0.0870. The number of ether oxygens (including phenoxy) is 1. The summed E-state index contributed by atoms with van der Waals surface area (Å²) < 4.78 is 5.20. The number of rotatable bonds is 5. The SMILES string of the molecule is Cc1c(Cl)cccc1NC(=O)COC(=O)c1ccccc1-c1ccccc1C#N. The minimum Gasteiger partial charge on any atom is -0.452 e. The Labute approximate surface area is 173 Å². The molecule has 1 amide bonds. The fourth-order valence-corrected chi connectivity index (χ4v) is 3.02. The highest BCUT2D eigenvalue weighted by Gasteiger charge is 2.17. The first-order chi connectivity index (χ1) is 14.0. The Balaban J connectivity index is 1.74. The number of amides is 1. The van der Waals surface area contributed by atoms with E-state index < -0.39 is 18.5 Å². The molecular weight excluding hydrogens is 388 g/mol. The molecule has 3 aromatic rings. The van der Waals surface area contributed by atoms with Crippen molar-refractivity contribution in [2.75, 3.05) is 11.9 Å². The molecule has 0 spiro atoms. The van der Waals surface area contributed by atoms with Crippen LogP contribution in [0, 0.1) is 18.3 Å². The highest BCUT2D eigenvalue weighted by atomic mass is 35.5. The van der Waals surface area contributed by atoms with Gasteiger partial charge in [-0.25, -0.2) is 4.79 Å². The van der Waals surface area contributed by atoms with Gasteiger partial charge in [0.15, 0.2) is 6.61 Å². The lowest BCUT2D eigenvalue weighted by Gasteiger charge is -2.12. The third-order valence-electron chi connectivity index (χ3n) is 4.36. The number of esters is 1. The van der Waals surface area contributed by atoms with Gasteiger partial charge in [0, 0.05) is 16.3 Å². The van der Waals surface area contributed by atoms with Crippen LogP contribution in [0.4, 0.5) is 5.69 Å². The van der Waals surface area contributed by atoms with Crippen molar-refractivity contribution in [3.05, 3.63) is 88.4 Å². The Morgan fingerprint density at radius 2 is 1.69 bits per heavy atom. The molecule has 144 valence electrons. The summed E-state index contributed by atoms with van der Waals surface area (Å²) in [5.74, 6) is -1.12. The van der Waals surface area contributed by atoms with Crippen LogP contribution >= 0.6 is 11.6 Å². The molecule has 0 fully saturated rings. The lowest BCUT2D eigenvalue weighted by molar-refractivity contribution is -0.119. The number of carbonyl (C=O) groups is 2. The van der Waals surface area contributed by atoms with Crippen molar-refractivity contribution < 1.29 is 14.3 Å². The van der Waals surface area contributed by atoms with Gasteiger partial charge in [0.05, 0.1) is 17.2 Å². The van der Waals surface area contributed by atoms with Crippen LogP contribution < -0.4 is 5.32 Å². The van der Waals surface area contributed by atoms with E-state index in [1.54, 1.807) is 73.7 Å². The summed E-state index contributed by atoms with van der Waals surface area (Å²) in [6, 6.07) is 21.1. The molecule has 0 bridgehead atoms. The average Bonchev–Trinajstić information content (AvgIpc) is 2.75. The predicted octanol–water partition coefficient (Wildman–Crippen LogP) is 4.98. The van der Waals surface area contributed by atoms with Crippen molar-refractivity contribution in [3.8, 4) is 17.2 Å². The normalized spacial score (nSPS) is 10.1. The first-order valence-corrected chi connectivity index (χ1v) is 9.19. The van der Waals surface area contributed by atoms with Crippen molar-refractivity contribution >= 4 is 29.2 Å². The molecule has 0 aliphatic heterocycles. The van der Waals surface area contributed by atoms with E-state index in [1.807, 2.05) is 0 Å². The standard InChI is InChI=1S/C23H17ClN2O3/c1-15-20(24)11-6-12-21(15)26-22(27)14-29-23(28)19-10-5-4-9-18(19)17-8-3-2-7-16(17)13-25/h2-12H,14H2,1H3,(H,26,27). The topological polar surface area (TPSA) is 79.2 Å². The molecule has 0 radical (unpaired) electrons. The van der Waals surface area contributed by atoms with Crippen molar-refractivity contribution in [2.45, 2.75) is 6.92 Å². The molecule has 0 aliphatic rings. The molecule has 0 aromatic heterocycles. The van der Waals surface area contributed by atoms with Crippen LogP contribution in [0.2, 0.25) is 5.02 Å². The molecule has 3 aromatic carbocycles. The second-order valence-corrected chi connectivity index (χ2v) is 6.65. The molecular formula is C23H17ClN2O3. The first-order valence-electron chi connectivity index (χ1n) is 8.82. The number of anilines is 1. The number of nitriles is 1. The lowest BCUT2D eigenvalue weighted by atomic mass is 9.96. The van der Waals surface area contributed by atoms with Gasteiger partial charge in [0.2, 0.25) is 0 Å². The smallest absolute Gasteiger partial charge is 0.339 e. The Morgan fingerprint density at radius 1 is 1.00 bits per heavy atom. The monoisotopic (exact) mass is 404 g/mol. The largest absolute Gasteiger partial charge is 0.452 e. The van der Waals surface area contributed by atoms with Gasteiger partial charge in [0.25, 0.3) is 5.91 Å². The van der Waals surface area contributed by atoms with Crippen LogP contribution in [0.3, 0.4) is 0 Å². The van der Waals surface area contributed by atoms with Gasteiger partial charge in [-0.05, 0) is 42.3 Å². The highest BCUT2D eigenvalue weighted by Crippen LogP contribution is 2.27. The summed E-state index contributed by atoms with van der Waals surface area (Å²) >= 11 is 6.05. The van der Waals surface area contributed by atoms with Gasteiger partial charge in [0.1, 0.15) is 0 Å². The summed E-state index contributed by atoms with van der Waals surface area (Å²) in [6.07, 6.45) is 0. The minimum atomic E-state index is -0.647. The van der Waals surface area contributed by atoms with Crippen molar-refractivity contribution in [2.24, 2.45) is 0 Å². The Bertz CT molecular complexity index is 1120. The Morgan fingerprint density at radius 3 is 2.45 bits per heavy atom. The van der Waals surface area contributed by atoms with Crippen LogP contribution in [0.5, 0.6) is 0 Å². The molecule has 0 atom stereocenters. The average molecular weight is 405 g/mol. The van der Waals surface area contributed by atoms with E-state index in [-0.39, 0.29) is 5.56 Å². The number of nitrogens with one attached hydrogen (secondary N) is 1. The van der Waals surface area contributed by atoms with E-state index in [1.165, 1.54) is 0 Å². The second-order valence-electron chi connectivity index (χ2n) is 6.24. The molecule has 0 saturated heterocycles. The summed E-state index contributed by atoms with van der Waals surface area (Å²) in [5.41, 5.74) is 3.21. The summed E-state index contributed by atoms with van der Waals surface area (Å²) in [5, 5.41) is 12.5. The number of halogens is 1. The summed E-state index contributed by atoms with van der Waals surface area (Å²) in [4.78, 5) is 24.8. The maximum Gasteiger partial charge on any atom is 0.339 e. The molecule has 0 aliphatic carbocycles. The van der Waals surface area contributed by atoms with Gasteiger partial charge in [-0.15, -0.1) is 0 Å². The van der Waals surface area contributed by atoms with E-state index >= 15 is 0 Å². The van der Waals surface area contributed by atoms with Gasteiger partial charge in [-0.2, -0.15) is 5.26 Å². The zero-order chi connectivity index (χ0) is 20.8. The van der Waals surface area contributed by atoms with E-state index in [2.05, 4.69) is 11.4 Å². The molecule has 0 unspecified atom stereocenters. The minimum absolute atomic E-state index is 0.280. The van der Waals surface area contributed by atoms with Gasteiger partial charge < -0.3 is 10.1 Å². The first kappa shape index (κ1) is 20.1. The number of carbonyl (C=O) groups excluding carboxylic acids is 2. The van der Waals surface area contributed by atoms with E-state index in [4.69, 9.17) is 16.3 Å². The lowest BCUT2D eigenvalue weighted by Crippen LogP contribution is -2.21. The summed E-state index contributed by atoms with van der Waals surface area (Å²) in [7, 11) is 0. The van der Waals surface area contributed by atoms with E-state index in [9.17, 15) is 14.9 Å². The van der Waals surface area contributed by atoms with Gasteiger partial charge in [-0.3, -0.25) is 4.79 Å². The van der Waals surface area contributed by atoms with Gasteiger partial charge >= 0.3 is 5.97 Å². The van der Waals surface area contributed by atoms with Gasteiger partial charge in [-0.1, -0.05) is 54.1 Å². The van der Waals surface area contributed by atoms with Crippen LogP contribution in [0.25, 0.3) is 11.1 Å². The molecule has 6 heteroatoms. The molecule has 0 heterocycles. The van der Waals surface area contributed by atoms with Crippen LogP contribution in [-0.4, -0.2) is 18.5 Å². The molecule has 29 heavy (non-hydrogen) atoms. The third kappa shape index (κ3) is 4.63. The second kappa shape index (κ2) is 9.05. The number of benzene rings is 3. The molecule has 1 N–H and O–H groups in total. The quantitative estimate of drug-likeness (QED) is 0.608. The number of hydrogen-bond acceptors (Lipinski definition) is 4. The zero-order valence-corrected chi connectivity index (χ0v) is 16.4. The predicted molar refractivity (Wildman–Crippen MR) is 112 cm³/mol. The van der Waals surface area contributed by atoms with E-state index in [0.717, 1.165) is 5.56 Å². The number of hydrogen-bond donors (Lipinski definition) is 1. The van der Waals surface area contributed by atoms with E-state index in [0.29, 0.717) is 27.4 Å². The maximum absolute atomic E-state index is 12.6. The Kier molecular flexibility index (Phi) is 6.28. The van der Waals surface area contributed by atoms with Crippen molar-refractivity contribution in [1.82, 2.24) is 0 Å². The molecule has 3 rings (SSSR count). The zero-order valence-electron chi connectivity index (χ0n) is 15.6. The molecule has 0 saturated carbocycles. The van der Waals surface area contributed by atoms with Crippen molar-refractivity contribution in [1.29, 1.82) is 5.26 Å². The highest BCUT2D eigenvalue weighted by molar-refractivity contribution is 6.31. The molecule has 5 nitrogen and oxygen atoms in total.